The van der Waals surface area contributed by atoms with Crippen molar-refractivity contribution in [3.8, 4) is 0 Å². The Kier molecular flexibility index (Phi) is 3.53. The molecule has 11 heavy (non-hydrogen) atoms. The molecule has 5 heteroatoms. The van der Waals surface area contributed by atoms with Gasteiger partial charge in [-0.3, -0.25) is 4.79 Å². The van der Waals surface area contributed by atoms with Crippen molar-refractivity contribution in [3.05, 3.63) is 0 Å². The first kappa shape index (κ1) is 9.90. The van der Waals surface area contributed by atoms with Gasteiger partial charge in [0.15, 0.2) is 6.04 Å². The van der Waals surface area contributed by atoms with Crippen LogP contribution in [0.25, 0.3) is 0 Å². The topological polar surface area (TPSA) is 86.6 Å². The highest BCUT2D eigenvalue weighted by Gasteiger charge is 2.23. The van der Waals surface area contributed by atoms with Crippen molar-refractivity contribution in [2.45, 2.75) is 26.0 Å². The summed E-state index contributed by atoms with van der Waals surface area (Å²) in [4.78, 5) is 20.7. The molecular weight excluding hydrogens is 150 g/mol. The van der Waals surface area contributed by atoms with Crippen LogP contribution in [0.3, 0.4) is 0 Å². The van der Waals surface area contributed by atoms with Gasteiger partial charge in [-0.1, -0.05) is 0 Å². The summed E-state index contributed by atoms with van der Waals surface area (Å²) in [7, 11) is 0. The predicted octanol–water partition coefficient (Wildman–Crippen LogP) is -1.04. The molecule has 3 N–H and O–H groups in total. The van der Waals surface area contributed by atoms with E-state index in [1.165, 1.54) is 13.8 Å². The molecule has 0 aromatic carbocycles. The summed E-state index contributed by atoms with van der Waals surface area (Å²) in [6, 6.07) is -1.22. The monoisotopic (exact) mass is 161 g/mol. The van der Waals surface area contributed by atoms with Gasteiger partial charge in [0, 0.05) is 6.92 Å². The smallest absolute Gasteiger partial charge is 0.328 e. The van der Waals surface area contributed by atoms with Gasteiger partial charge in [-0.25, -0.2) is 4.79 Å². The number of rotatable bonds is 3. The average molecular weight is 161 g/mol. The quantitative estimate of drug-likeness (QED) is 0.493. The lowest BCUT2D eigenvalue weighted by molar-refractivity contribution is -0.144. The molecule has 2 atom stereocenters. The van der Waals surface area contributed by atoms with Gasteiger partial charge in [0.25, 0.3) is 0 Å². The van der Waals surface area contributed by atoms with Crippen molar-refractivity contribution < 1.29 is 19.8 Å². The molecular formula is C6H11NO4. The summed E-state index contributed by atoms with van der Waals surface area (Å²) < 4.78 is 0. The Morgan fingerprint density at radius 3 is 2.00 bits per heavy atom. The Labute approximate surface area is 64.0 Å². The van der Waals surface area contributed by atoms with E-state index in [9.17, 15) is 9.59 Å². The fourth-order valence-corrected chi connectivity index (χ4v) is 0.608. The maximum Gasteiger partial charge on any atom is 0.328 e. The predicted molar refractivity (Wildman–Crippen MR) is 36.9 cm³/mol. The molecule has 0 saturated carbocycles. The molecule has 0 aromatic rings. The van der Waals surface area contributed by atoms with Gasteiger partial charge in [0.05, 0.1) is 6.10 Å². The number of amides is 1. The van der Waals surface area contributed by atoms with Crippen LogP contribution in [-0.2, 0) is 9.59 Å². The van der Waals surface area contributed by atoms with Crippen LogP contribution in [0.2, 0.25) is 0 Å². The molecule has 0 aliphatic rings. The SMILES string of the molecule is CC(=O)NC(C(=O)O)C(C)O. The summed E-state index contributed by atoms with van der Waals surface area (Å²) >= 11 is 0. The molecule has 0 radical (unpaired) electrons. The molecule has 0 aliphatic carbocycles. The van der Waals surface area contributed by atoms with Gasteiger partial charge in [-0.2, -0.15) is 0 Å². The summed E-state index contributed by atoms with van der Waals surface area (Å²) in [5.74, 6) is -1.71. The molecule has 0 bridgehead atoms. The second-order valence-corrected chi connectivity index (χ2v) is 2.26. The van der Waals surface area contributed by atoms with Crippen molar-refractivity contribution in [1.82, 2.24) is 5.32 Å². The van der Waals surface area contributed by atoms with Gasteiger partial charge in [0.2, 0.25) is 5.91 Å². The maximum absolute atomic E-state index is 10.4. The number of carbonyl (C=O) groups is 2. The number of carboxylic acid groups (broad SMARTS) is 1. The van der Waals surface area contributed by atoms with Crippen molar-refractivity contribution in [2.75, 3.05) is 0 Å². The number of carbonyl (C=O) groups excluding carboxylic acids is 1. The zero-order valence-corrected chi connectivity index (χ0v) is 6.37. The number of aliphatic hydroxyl groups is 1. The van der Waals surface area contributed by atoms with Gasteiger partial charge in [-0.15, -0.1) is 0 Å². The van der Waals surface area contributed by atoms with Gasteiger partial charge in [0.1, 0.15) is 0 Å². The Hall–Kier alpha value is -1.10. The molecule has 0 aliphatic heterocycles. The first-order valence-corrected chi connectivity index (χ1v) is 3.13. The highest BCUT2D eigenvalue weighted by atomic mass is 16.4. The Morgan fingerprint density at radius 2 is 1.91 bits per heavy atom. The largest absolute Gasteiger partial charge is 0.480 e. The molecule has 0 saturated heterocycles. The molecule has 1 amide bonds. The maximum atomic E-state index is 10.4. The minimum absolute atomic E-state index is 0.474. The van der Waals surface area contributed by atoms with E-state index in [1.54, 1.807) is 0 Å². The van der Waals surface area contributed by atoms with Gasteiger partial charge >= 0.3 is 5.97 Å². The van der Waals surface area contributed by atoms with Crippen LogP contribution >= 0.6 is 0 Å². The van der Waals surface area contributed by atoms with E-state index in [0.29, 0.717) is 0 Å². The molecule has 0 rings (SSSR count). The first-order valence-electron chi connectivity index (χ1n) is 3.13. The normalized spacial score (nSPS) is 15.2. The molecule has 5 nitrogen and oxygen atoms in total. The number of hydrogen-bond donors (Lipinski definition) is 3. The third kappa shape index (κ3) is 3.57. The molecule has 2 unspecified atom stereocenters. The van der Waals surface area contributed by atoms with E-state index in [0.717, 1.165) is 0 Å². The Balaban J connectivity index is 4.12. The second-order valence-electron chi connectivity index (χ2n) is 2.26. The molecule has 0 spiro atoms. The van der Waals surface area contributed by atoms with E-state index in [4.69, 9.17) is 10.2 Å². The summed E-state index contributed by atoms with van der Waals surface area (Å²) in [5, 5.41) is 19.3. The van der Waals surface area contributed by atoms with Crippen LogP contribution in [0.1, 0.15) is 13.8 Å². The average Bonchev–Trinajstić information content (AvgIpc) is 1.81. The minimum Gasteiger partial charge on any atom is -0.480 e. The van der Waals surface area contributed by atoms with Crippen LogP contribution in [0.5, 0.6) is 0 Å². The highest BCUT2D eigenvalue weighted by Crippen LogP contribution is 1.91. The molecule has 0 fully saturated rings. The number of aliphatic hydroxyl groups excluding tert-OH is 1. The lowest BCUT2D eigenvalue weighted by Gasteiger charge is -2.15. The van der Waals surface area contributed by atoms with E-state index >= 15 is 0 Å². The van der Waals surface area contributed by atoms with Crippen LogP contribution in [0, 0.1) is 0 Å². The number of carboxylic acids is 1. The summed E-state index contributed by atoms with van der Waals surface area (Å²) in [5.41, 5.74) is 0. The van der Waals surface area contributed by atoms with Crippen molar-refractivity contribution in [1.29, 1.82) is 0 Å². The second kappa shape index (κ2) is 3.92. The fraction of sp³-hybridized carbons (Fsp3) is 0.667. The van der Waals surface area contributed by atoms with E-state index in [2.05, 4.69) is 5.32 Å². The zero-order valence-electron chi connectivity index (χ0n) is 6.37. The van der Waals surface area contributed by atoms with E-state index in [1.807, 2.05) is 0 Å². The van der Waals surface area contributed by atoms with Gasteiger partial charge < -0.3 is 15.5 Å². The van der Waals surface area contributed by atoms with Crippen LogP contribution in [0.4, 0.5) is 0 Å². The fourth-order valence-electron chi connectivity index (χ4n) is 0.608. The third-order valence-electron chi connectivity index (χ3n) is 1.11. The zero-order chi connectivity index (χ0) is 9.02. The number of nitrogens with one attached hydrogen (secondary N) is 1. The van der Waals surface area contributed by atoms with Crippen molar-refractivity contribution in [2.24, 2.45) is 0 Å². The van der Waals surface area contributed by atoms with E-state index < -0.39 is 24.0 Å². The van der Waals surface area contributed by atoms with Crippen LogP contribution in [-0.4, -0.2) is 34.2 Å². The molecule has 0 heterocycles. The minimum atomic E-state index is -1.24. The van der Waals surface area contributed by atoms with Crippen molar-refractivity contribution >= 4 is 11.9 Å². The Bertz CT molecular complexity index is 166. The first-order chi connectivity index (χ1) is 4.95. The standard InChI is InChI=1S/C6H11NO4/c1-3(8)5(6(10)11)7-4(2)9/h3,5,8H,1-2H3,(H,7,9)(H,10,11). The number of aliphatic carboxylic acids is 1. The molecule has 64 valence electrons. The van der Waals surface area contributed by atoms with Crippen molar-refractivity contribution in [3.63, 3.8) is 0 Å². The van der Waals surface area contributed by atoms with E-state index in [-0.39, 0.29) is 0 Å². The number of hydrogen-bond acceptors (Lipinski definition) is 3. The highest BCUT2D eigenvalue weighted by molar-refractivity contribution is 5.82. The van der Waals surface area contributed by atoms with Crippen LogP contribution in [0.15, 0.2) is 0 Å². The Morgan fingerprint density at radius 1 is 1.45 bits per heavy atom. The molecule has 0 aromatic heterocycles. The third-order valence-corrected chi connectivity index (χ3v) is 1.11. The summed E-state index contributed by atoms with van der Waals surface area (Å²) in [6.07, 6.45) is -1.09. The summed E-state index contributed by atoms with van der Waals surface area (Å²) in [6.45, 7) is 2.49. The lowest BCUT2D eigenvalue weighted by Crippen LogP contribution is -2.46. The van der Waals surface area contributed by atoms with Gasteiger partial charge in [-0.05, 0) is 6.92 Å². The van der Waals surface area contributed by atoms with Crippen LogP contribution < -0.4 is 5.32 Å². The lowest BCUT2D eigenvalue weighted by atomic mass is 10.2.